The van der Waals surface area contributed by atoms with Crippen LogP contribution in [0.1, 0.15) is 31.5 Å². The molecule has 1 aliphatic rings. The van der Waals surface area contributed by atoms with E-state index >= 15 is 0 Å². The summed E-state index contributed by atoms with van der Waals surface area (Å²) in [5.41, 5.74) is 7.52. The van der Waals surface area contributed by atoms with E-state index < -0.39 is 5.54 Å². The monoisotopic (exact) mass is 372 g/mol. The van der Waals surface area contributed by atoms with Crippen molar-refractivity contribution >= 4 is 29.0 Å². The molecule has 1 aliphatic carbocycles. The first-order chi connectivity index (χ1) is 12.2. The molecule has 9 heteroatoms. The van der Waals surface area contributed by atoms with Gasteiger partial charge in [0, 0.05) is 0 Å². The molecule has 0 saturated heterocycles. The number of hydrogen-bond acceptors (Lipinski definition) is 6. The number of rotatable bonds is 2. The lowest BCUT2D eigenvalue weighted by Crippen LogP contribution is -2.34. The predicted molar refractivity (Wildman–Crippen MR) is 98.2 cm³/mol. The van der Waals surface area contributed by atoms with E-state index in [0.29, 0.717) is 28.3 Å². The summed E-state index contributed by atoms with van der Waals surface area (Å²) in [4.78, 5) is 19.7. The van der Waals surface area contributed by atoms with Crippen LogP contribution in [0.5, 0.6) is 0 Å². The maximum atomic E-state index is 12.4. The summed E-state index contributed by atoms with van der Waals surface area (Å²) in [5.74, 6) is 0.829. The quantitative estimate of drug-likeness (QED) is 0.558. The van der Waals surface area contributed by atoms with E-state index in [0.717, 1.165) is 31.2 Å². The Bertz CT molecular complexity index is 1150. The Morgan fingerprint density at radius 2 is 2.00 bits per heavy atom. The number of hydrogen-bond donors (Lipinski definition) is 2. The SMILES string of the molecule is Cl.NC1(c2noc(-c3cnn4c3[nH]c(=O)c3ccccc34)n2)CCCC1. The van der Waals surface area contributed by atoms with Crippen LogP contribution < -0.4 is 11.3 Å². The topological polar surface area (TPSA) is 115 Å². The van der Waals surface area contributed by atoms with E-state index in [1.54, 1.807) is 16.8 Å². The Hall–Kier alpha value is -2.71. The lowest BCUT2D eigenvalue weighted by atomic mass is 9.99. The van der Waals surface area contributed by atoms with Crippen molar-refractivity contribution in [1.82, 2.24) is 24.7 Å². The van der Waals surface area contributed by atoms with Crippen molar-refractivity contribution in [2.45, 2.75) is 31.2 Å². The number of fused-ring (bicyclic) bond motifs is 3. The van der Waals surface area contributed by atoms with Gasteiger partial charge in [-0.05, 0) is 25.0 Å². The van der Waals surface area contributed by atoms with Gasteiger partial charge in [-0.15, -0.1) is 12.4 Å². The molecule has 0 radical (unpaired) electrons. The van der Waals surface area contributed by atoms with E-state index in [1.807, 2.05) is 18.2 Å². The van der Waals surface area contributed by atoms with Crippen LogP contribution in [-0.4, -0.2) is 24.7 Å². The molecule has 0 bridgehead atoms. The first-order valence-electron chi connectivity index (χ1n) is 8.28. The number of halogens is 1. The minimum Gasteiger partial charge on any atom is -0.334 e. The molecule has 26 heavy (non-hydrogen) atoms. The maximum Gasteiger partial charge on any atom is 0.263 e. The number of nitrogens with one attached hydrogen (secondary N) is 1. The van der Waals surface area contributed by atoms with Crippen LogP contribution in [-0.2, 0) is 5.54 Å². The number of aromatic nitrogens is 5. The second kappa shape index (κ2) is 5.93. The fourth-order valence-electron chi connectivity index (χ4n) is 3.60. The van der Waals surface area contributed by atoms with Crippen molar-refractivity contribution in [2.24, 2.45) is 5.73 Å². The van der Waals surface area contributed by atoms with Crippen LogP contribution in [0, 0.1) is 0 Å². The molecule has 1 fully saturated rings. The number of nitrogens with two attached hydrogens (primary N) is 1. The van der Waals surface area contributed by atoms with Crippen LogP contribution in [0.2, 0.25) is 0 Å². The molecule has 0 spiro atoms. The molecule has 5 rings (SSSR count). The minimum atomic E-state index is -0.523. The fraction of sp³-hybridized carbons (Fsp3) is 0.294. The Balaban J connectivity index is 0.00000168. The summed E-state index contributed by atoms with van der Waals surface area (Å²) in [7, 11) is 0. The van der Waals surface area contributed by atoms with Gasteiger partial charge in [0.1, 0.15) is 11.2 Å². The smallest absolute Gasteiger partial charge is 0.263 e. The van der Waals surface area contributed by atoms with Gasteiger partial charge in [0.25, 0.3) is 11.4 Å². The zero-order valence-corrected chi connectivity index (χ0v) is 14.6. The number of para-hydroxylation sites is 1. The summed E-state index contributed by atoms with van der Waals surface area (Å²) >= 11 is 0. The molecule has 3 aromatic heterocycles. The van der Waals surface area contributed by atoms with Crippen molar-refractivity contribution in [3.63, 3.8) is 0 Å². The van der Waals surface area contributed by atoms with E-state index in [2.05, 4.69) is 20.2 Å². The van der Waals surface area contributed by atoms with E-state index in [-0.39, 0.29) is 18.0 Å². The normalized spacial score (nSPS) is 16.2. The number of aromatic amines is 1. The average Bonchev–Trinajstić information content (AvgIpc) is 3.34. The highest BCUT2D eigenvalue weighted by atomic mass is 35.5. The van der Waals surface area contributed by atoms with E-state index in [4.69, 9.17) is 10.3 Å². The van der Waals surface area contributed by atoms with Gasteiger partial charge < -0.3 is 15.2 Å². The van der Waals surface area contributed by atoms with E-state index in [1.165, 1.54) is 0 Å². The molecule has 134 valence electrons. The molecule has 1 aromatic carbocycles. The molecular weight excluding hydrogens is 356 g/mol. The summed E-state index contributed by atoms with van der Waals surface area (Å²) in [6, 6.07) is 7.30. The molecule has 4 aromatic rings. The highest BCUT2D eigenvalue weighted by molar-refractivity contribution is 5.85. The van der Waals surface area contributed by atoms with Gasteiger partial charge in [0.05, 0.1) is 22.6 Å². The summed E-state index contributed by atoms with van der Waals surface area (Å²) < 4.78 is 7.10. The molecule has 3 heterocycles. The summed E-state index contributed by atoms with van der Waals surface area (Å²) in [6.45, 7) is 0. The van der Waals surface area contributed by atoms with Crippen molar-refractivity contribution < 1.29 is 4.52 Å². The summed E-state index contributed by atoms with van der Waals surface area (Å²) in [6.07, 6.45) is 5.45. The van der Waals surface area contributed by atoms with E-state index in [9.17, 15) is 4.79 Å². The summed E-state index contributed by atoms with van der Waals surface area (Å²) in [5, 5.41) is 9.03. The van der Waals surface area contributed by atoms with Crippen LogP contribution in [0.4, 0.5) is 0 Å². The van der Waals surface area contributed by atoms with Gasteiger partial charge >= 0.3 is 0 Å². The fourth-order valence-corrected chi connectivity index (χ4v) is 3.60. The third-order valence-corrected chi connectivity index (χ3v) is 4.98. The molecule has 1 saturated carbocycles. The standard InChI is InChI=1S/C17H16N6O2.ClH/c18-17(7-3-4-8-17)16-21-15(25-22-16)11-9-19-23-12-6-2-1-5-10(12)14(24)20-13(11)23;/h1-2,5-6,9H,3-4,7-8,18H2,(H,20,24);1H. The lowest BCUT2D eigenvalue weighted by molar-refractivity contribution is 0.373. The van der Waals surface area contributed by atoms with Gasteiger partial charge in [0.15, 0.2) is 5.82 Å². The highest BCUT2D eigenvalue weighted by Gasteiger charge is 2.36. The largest absolute Gasteiger partial charge is 0.334 e. The Morgan fingerprint density at radius 3 is 2.81 bits per heavy atom. The zero-order valence-electron chi connectivity index (χ0n) is 13.8. The van der Waals surface area contributed by atoms with Gasteiger partial charge in [-0.1, -0.05) is 30.1 Å². The zero-order chi connectivity index (χ0) is 17.0. The van der Waals surface area contributed by atoms with Gasteiger partial charge in [-0.2, -0.15) is 10.1 Å². The molecule has 0 aliphatic heterocycles. The van der Waals surface area contributed by atoms with Crippen molar-refractivity contribution in [1.29, 1.82) is 0 Å². The van der Waals surface area contributed by atoms with Crippen molar-refractivity contribution in [3.8, 4) is 11.5 Å². The molecule has 8 nitrogen and oxygen atoms in total. The molecule has 3 N–H and O–H groups in total. The first-order valence-corrected chi connectivity index (χ1v) is 8.28. The number of H-pyrrole nitrogens is 1. The predicted octanol–water partition coefficient (Wildman–Crippen LogP) is 2.38. The highest BCUT2D eigenvalue weighted by Crippen LogP contribution is 2.35. The lowest BCUT2D eigenvalue weighted by Gasteiger charge is -2.17. The average molecular weight is 373 g/mol. The molecule has 0 atom stereocenters. The first kappa shape index (κ1) is 16.7. The Morgan fingerprint density at radius 1 is 1.23 bits per heavy atom. The molecular formula is C17H17ClN6O2. The third kappa shape index (κ3) is 2.33. The van der Waals surface area contributed by atoms with Gasteiger partial charge in [-0.25, -0.2) is 4.52 Å². The second-order valence-electron chi connectivity index (χ2n) is 6.58. The number of nitrogens with zero attached hydrogens (tertiary/aromatic N) is 4. The van der Waals surface area contributed by atoms with Crippen LogP contribution in [0.3, 0.4) is 0 Å². The minimum absolute atomic E-state index is 0. The van der Waals surface area contributed by atoms with Gasteiger partial charge in [-0.3, -0.25) is 4.79 Å². The molecule has 0 amide bonds. The molecule has 0 unspecified atom stereocenters. The number of benzene rings is 1. The van der Waals surface area contributed by atoms with Crippen LogP contribution in [0.15, 0.2) is 39.8 Å². The van der Waals surface area contributed by atoms with Gasteiger partial charge in [0.2, 0.25) is 0 Å². The van der Waals surface area contributed by atoms with Crippen LogP contribution in [0.25, 0.3) is 28.0 Å². The Labute approximate surface area is 153 Å². The maximum absolute atomic E-state index is 12.4. The van der Waals surface area contributed by atoms with Crippen molar-refractivity contribution in [3.05, 3.63) is 46.6 Å². The Kier molecular flexibility index (Phi) is 3.82. The van der Waals surface area contributed by atoms with Crippen molar-refractivity contribution in [2.75, 3.05) is 0 Å². The van der Waals surface area contributed by atoms with Crippen LogP contribution >= 0.6 is 12.4 Å². The second-order valence-corrected chi connectivity index (χ2v) is 6.58. The third-order valence-electron chi connectivity index (χ3n) is 4.98.